The molecule has 1 rings (SSSR count). The van der Waals surface area contributed by atoms with E-state index in [2.05, 4.69) is 15.5 Å². The van der Waals surface area contributed by atoms with Crippen molar-refractivity contribution < 1.29 is 5.11 Å². The first-order valence-electron chi connectivity index (χ1n) is 4.46. The van der Waals surface area contributed by atoms with Gasteiger partial charge in [-0.3, -0.25) is 0 Å². The van der Waals surface area contributed by atoms with Gasteiger partial charge in [-0.1, -0.05) is 11.8 Å². The standard InChI is InChI=1S/C8H16N4OS/c1-6-10-11-8(12(6)3)14-5-7(13)4-9-2/h7,9,13H,4-5H2,1-3H3. The van der Waals surface area contributed by atoms with Crippen molar-refractivity contribution in [1.29, 1.82) is 0 Å². The molecule has 1 aromatic heterocycles. The highest BCUT2D eigenvalue weighted by atomic mass is 32.2. The topological polar surface area (TPSA) is 63.0 Å². The van der Waals surface area contributed by atoms with E-state index in [1.165, 1.54) is 11.8 Å². The summed E-state index contributed by atoms with van der Waals surface area (Å²) in [6.45, 7) is 2.50. The van der Waals surface area contributed by atoms with Crippen LogP contribution in [0.15, 0.2) is 5.16 Å². The number of aliphatic hydroxyl groups excluding tert-OH is 1. The van der Waals surface area contributed by atoms with Gasteiger partial charge in [0.1, 0.15) is 5.82 Å². The Balaban J connectivity index is 2.41. The van der Waals surface area contributed by atoms with Gasteiger partial charge in [-0.15, -0.1) is 10.2 Å². The Labute approximate surface area is 87.9 Å². The number of rotatable bonds is 5. The van der Waals surface area contributed by atoms with Gasteiger partial charge in [0, 0.05) is 19.3 Å². The van der Waals surface area contributed by atoms with Gasteiger partial charge < -0.3 is 15.0 Å². The molecule has 1 heterocycles. The third-order valence-electron chi connectivity index (χ3n) is 1.90. The van der Waals surface area contributed by atoms with Crippen molar-refractivity contribution in [1.82, 2.24) is 20.1 Å². The molecule has 1 aromatic rings. The van der Waals surface area contributed by atoms with Gasteiger partial charge in [0.25, 0.3) is 0 Å². The second kappa shape index (κ2) is 5.33. The molecule has 0 spiro atoms. The Morgan fingerprint density at radius 1 is 1.57 bits per heavy atom. The van der Waals surface area contributed by atoms with Crippen LogP contribution in [0.3, 0.4) is 0 Å². The molecule has 0 saturated heterocycles. The average Bonchev–Trinajstić information content (AvgIpc) is 2.46. The Morgan fingerprint density at radius 2 is 2.29 bits per heavy atom. The first-order chi connectivity index (χ1) is 6.65. The van der Waals surface area contributed by atoms with Crippen molar-refractivity contribution >= 4 is 11.8 Å². The number of aliphatic hydroxyl groups is 1. The van der Waals surface area contributed by atoms with Crippen molar-refractivity contribution in [2.24, 2.45) is 7.05 Å². The fourth-order valence-electron chi connectivity index (χ4n) is 0.979. The lowest BCUT2D eigenvalue weighted by molar-refractivity contribution is 0.199. The molecule has 80 valence electrons. The van der Waals surface area contributed by atoms with Crippen LogP contribution in [0.1, 0.15) is 5.82 Å². The summed E-state index contributed by atoms with van der Waals surface area (Å²) in [6, 6.07) is 0. The number of nitrogens with zero attached hydrogens (tertiary/aromatic N) is 3. The van der Waals surface area contributed by atoms with Gasteiger partial charge in [0.05, 0.1) is 6.10 Å². The zero-order valence-corrected chi connectivity index (χ0v) is 9.51. The van der Waals surface area contributed by atoms with Crippen LogP contribution in [-0.4, -0.2) is 45.3 Å². The Morgan fingerprint density at radius 3 is 2.79 bits per heavy atom. The van der Waals surface area contributed by atoms with E-state index >= 15 is 0 Å². The van der Waals surface area contributed by atoms with Gasteiger partial charge >= 0.3 is 0 Å². The summed E-state index contributed by atoms with van der Waals surface area (Å²) in [5, 5.41) is 21.2. The number of aromatic nitrogens is 3. The highest BCUT2D eigenvalue weighted by Gasteiger charge is 2.08. The Hall–Kier alpha value is -0.590. The molecular formula is C8H16N4OS. The molecule has 0 aromatic carbocycles. The maximum absolute atomic E-state index is 9.47. The van der Waals surface area contributed by atoms with Crippen LogP contribution in [0.4, 0.5) is 0 Å². The van der Waals surface area contributed by atoms with E-state index in [4.69, 9.17) is 0 Å². The zero-order valence-electron chi connectivity index (χ0n) is 8.69. The van der Waals surface area contributed by atoms with Crippen LogP contribution in [0.2, 0.25) is 0 Å². The molecule has 0 radical (unpaired) electrons. The smallest absolute Gasteiger partial charge is 0.191 e. The first-order valence-corrected chi connectivity index (χ1v) is 5.45. The second-order valence-electron chi connectivity index (χ2n) is 3.11. The fourth-order valence-corrected chi connectivity index (χ4v) is 1.86. The number of aryl methyl sites for hydroxylation is 1. The molecule has 1 unspecified atom stereocenters. The molecule has 0 bridgehead atoms. The van der Waals surface area contributed by atoms with Crippen LogP contribution in [0, 0.1) is 6.92 Å². The fraction of sp³-hybridized carbons (Fsp3) is 0.750. The summed E-state index contributed by atoms with van der Waals surface area (Å²) < 4.78 is 1.91. The molecule has 0 aliphatic heterocycles. The number of hydrogen-bond donors (Lipinski definition) is 2. The highest BCUT2D eigenvalue weighted by molar-refractivity contribution is 7.99. The number of thioether (sulfide) groups is 1. The minimum atomic E-state index is -0.345. The maximum Gasteiger partial charge on any atom is 0.191 e. The number of nitrogens with one attached hydrogen (secondary N) is 1. The molecule has 5 nitrogen and oxygen atoms in total. The lowest BCUT2D eigenvalue weighted by Gasteiger charge is -2.08. The van der Waals surface area contributed by atoms with Crippen LogP contribution in [0.25, 0.3) is 0 Å². The molecule has 1 atom stereocenters. The van der Waals surface area contributed by atoms with Crippen molar-refractivity contribution in [3.05, 3.63) is 5.82 Å². The molecule has 0 aliphatic rings. The van der Waals surface area contributed by atoms with Gasteiger partial charge in [-0.25, -0.2) is 0 Å². The molecule has 2 N–H and O–H groups in total. The summed E-state index contributed by atoms with van der Waals surface area (Å²) in [5.74, 6) is 1.52. The summed E-state index contributed by atoms with van der Waals surface area (Å²) >= 11 is 1.52. The molecule has 0 amide bonds. The summed E-state index contributed by atoms with van der Waals surface area (Å²) in [7, 11) is 3.74. The van der Waals surface area contributed by atoms with Gasteiger partial charge in [-0.05, 0) is 14.0 Å². The molecule has 0 fully saturated rings. The predicted octanol–water partition coefficient (Wildman–Crippen LogP) is -0.204. The third-order valence-corrected chi connectivity index (χ3v) is 3.06. The van der Waals surface area contributed by atoms with E-state index in [1.807, 2.05) is 25.6 Å². The van der Waals surface area contributed by atoms with E-state index in [9.17, 15) is 5.11 Å². The minimum Gasteiger partial charge on any atom is -0.391 e. The van der Waals surface area contributed by atoms with Crippen molar-refractivity contribution in [2.45, 2.75) is 18.2 Å². The lowest BCUT2D eigenvalue weighted by Crippen LogP contribution is -2.25. The van der Waals surface area contributed by atoms with Crippen molar-refractivity contribution in [2.75, 3.05) is 19.3 Å². The summed E-state index contributed by atoms with van der Waals surface area (Å²) in [5.41, 5.74) is 0. The molecule has 0 aliphatic carbocycles. The second-order valence-corrected chi connectivity index (χ2v) is 4.10. The molecular weight excluding hydrogens is 200 g/mol. The van der Waals surface area contributed by atoms with Crippen LogP contribution >= 0.6 is 11.8 Å². The maximum atomic E-state index is 9.47. The van der Waals surface area contributed by atoms with Crippen LogP contribution in [-0.2, 0) is 7.05 Å². The average molecular weight is 216 g/mol. The monoisotopic (exact) mass is 216 g/mol. The molecule has 6 heteroatoms. The van der Waals surface area contributed by atoms with Gasteiger partial charge in [-0.2, -0.15) is 0 Å². The van der Waals surface area contributed by atoms with Crippen molar-refractivity contribution in [3.63, 3.8) is 0 Å². The quantitative estimate of drug-likeness (QED) is 0.667. The van der Waals surface area contributed by atoms with Gasteiger partial charge in [0.2, 0.25) is 0 Å². The van der Waals surface area contributed by atoms with E-state index in [0.29, 0.717) is 12.3 Å². The van der Waals surface area contributed by atoms with E-state index in [1.54, 1.807) is 0 Å². The highest BCUT2D eigenvalue weighted by Crippen LogP contribution is 2.15. The van der Waals surface area contributed by atoms with Gasteiger partial charge in [0.15, 0.2) is 5.16 Å². The summed E-state index contributed by atoms with van der Waals surface area (Å²) in [4.78, 5) is 0. The number of hydrogen-bond acceptors (Lipinski definition) is 5. The van der Waals surface area contributed by atoms with E-state index in [0.717, 1.165) is 11.0 Å². The lowest BCUT2D eigenvalue weighted by atomic mass is 10.4. The van der Waals surface area contributed by atoms with E-state index in [-0.39, 0.29) is 6.10 Å². The zero-order chi connectivity index (χ0) is 10.6. The molecule has 14 heavy (non-hydrogen) atoms. The minimum absolute atomic E-state index is 0.345. The number of likely N-dealkylation sites (N-methyl/N-ethyl adjacent to an activating group) is 1. The third kappa shape index (κ3) is 2.97. The van der Waals surface area contributed by atoms with Crippen LogP contribution < -0.4 is 5.32 Å². The van der Waals surface area contributed by atoms with Crippen molar-refractivity contribution in [3.8, 4) is 0 Å². The summed E-state index contributed by atoms with van der Waals surface area (Å²) in [6.07, 6.45) is -0.345. The largest absolute Gasteiger partial charge is 0.391 e. The predicted molar refractivity (Wildman–Crippen MR) is 56.4 cm³/mol. The Bertz CT molecular complexity index is 289. The van der Waals surface area contributed by atoms with Crippen LogP contribution in [0.5, 0.6) is 0 Å². The molecule has 0 saturated carbocycles. The SMILES string of the molecule is CNCC(O)CSc1nnc(C)n1C. The first kappa shape index (κ1) is 11.5. The normalized spacial score (nSPS) is 13.1. The Kier molecular flexibility index (Phi) is 4.37. The van der Waals surface area contributed by atoms with E-state index < -0.39 is 0 Å².